The van der Waals surface area contributed by atoms with Gasteiger partial charge in [0, 0.05) is 35.6 Å². The predicted molar refractivity (Wildman–Crippen MR) is 122 cm³/mol. The van der Waals surface area contributed by atoms with Crippen molar-refractivity contribution in [1.29, 1.82) is 0 Å². The lowest BCUT2D eigenvalue weighted by molar-refractivity contribution is 0.101. The van der Waals surface area contributed by atoms with Crippen LogP contribution in [0.15, 0.2) is 91.0 Å². The first-order valence-corrected chi connectivity index (χ1v) is 9.71. The van der Waals surface area contributed by atoms with E-state index >= 15 is 0 Å². The highest BCUT2D eigenvalue weighted by Gasteiger charge is 2.12. The van der Waals surface area contributed by atoms with Crippen molar-refractivity contribution in [3.05, 3.63) is 96.6 Å². The zero-order valence-electron chi connectivity index (χ0n) is 16.9. The van der Waals surface area contributed by atoms with Gasteiger partial charge in [-0.1, -0.05) is 48.5 Å². The summed E-state index contributed by atoms with van der Waals surface area (Å²) in [4.78, 5) is 23.0. The first-order valence-electron chi connectivity index (χ1n) is 9.71. The van der Waals surface area contributed by atoms with Crippen LogP contribution in [0.25, 0.3) is 11.3 Å². The second-order valence-corrected chi connectivity index (χ2v) is 6.96. The number of anilines is 4. The average molecular weight is 394 g/mol. The summed E-state index contributed by atoms with van der Waals surface area (Å²) >= 11 is 0. The number of hydrogen-bond acceptors (Lipinski definition) is 5. The summed E-state index contributed by atoms with van der Waals surface area (Å²) in [6.45, 7) is 1.56. The molecule has 0 radical (unpaired) electrons. The van der Waals surface area contributed by atoms with Gasteiger partial charge in [-0.25, -0.2) is 4.98 Å². The minimum absolute atomic E-state index is 0.0433. The first-order chi connectivity index (χ1) is 14.6. The first kappa shape index (κ1) is 19.3. The monoisotopic (exact) mass is 394 g/mol. The van der Waals surface area contributed by atoms with Crippen LogP contribution < -0.4 is 10.2 Å². The highest BCUT2D eigenvalue weighted by atomic mass is 16.1. The number of carbonyl (C=O) groups excluding carboxylic acids is 1. The van der Waals surface area contributed by atoms with Gasteiger partial charge in [0.05, 0.1) is 5.69 Å². The van der Waals surface area contributed by atoms with Gasteiger partial charge in [-0.3, -0.25) is 4.79 Å². The Bertz CT molecular complexity index is 1140. The number of carbonyl (C=O) groups is 1. The van der Waals surface area contributed by atoms with Crippen molar-refractivity contribution in [2.24, 2.45) is 0 Å². The Morgan fingerprint density at radius 2 is 1.47 bits per heavy atom. The molecule has 30 heavy (non-hydrogen) atoms. The number of ketones is 1. The van der Waals surface area contributed by atoms with Gasteiger partial charge in [0.2, 0.25) is 5.95 Å². The Morgan fingerprint density at radius 1 is 0.833 bits per heavy atom. The molecule has 5 heteroatoms. The molecule has 0 aliphatic rings. The van der Waals surface area contributed by atoms with Crippen molar-refractivity contribution < 1.29 is 4.79 Å². The second kappa shape index (κ2) is 8.57. The summed E-state index contributed by atoms with van der Waals surface area (Å²) in [5.41, 5.74) is 4.37. The SMILES string of the molecule is CC(=O)c1ccc(Nc2cc(-c3ccccc3)nc(N(C)c3ccccc3)n2)cc1. The Labute approximate surface area is 176 Å². The van der Waals surface area contributed by atoms with Crippen molar-refractivity contribution >= 4 is 28.9 Å². The largest absolute Gasteiger partial charge is 0.340 e. The minimum Gasteiger partial charge on any atom is -0.340 e. The molecule has 4 rings (SSSR count). The third-order valence-corrected chi connectivity index (χ3v) is 4.79. The average Bonchev–Trinajstić information content (AvgIpc) is 2.80. The van der Waals surface area contributed by atoms with Crippen molar-refractivity contribution in [2.75, 3.05) is 17.3 Å². The van der Waals surface area contributed by atoms with Gasteiger partial charge in [0.15, 0.2) is 5.78 Å². The number of aromatic nitrogens is 2. The lowest BCUT2D eigenvalue weighted by atomic mass is 10.1. The van der Waals surface area contributed by atoms with E-state index < -0.39 is 0 Å². The summed E-state index contributed by atoms with van der Waals surface area (Å²) in [6, 6.07) is 29.3. The van der Waals surface area contributed by atoms with Crippen LogP contribution in [-0.4, -0.2) is 22.8 Å². The zero-order valence-corrected chi connectivity index (χ0v) is 16.9. The molecule has 0 fully saturated rings. The maximum Gasteiger partial charge on any atom is 0.232 e. The molecule has 0 saturated heterocycles. The van der Waals surface area contributed by atoms with E-state index in [2.05, 4.69) is 5.32 Å². The molecule has 0 aliphatic carbocycles. The molecule has 1 heterocycles. The quantitative estimate of drug-likeness (QED) is 0.415. The molecular formula is C25H22N4O. The van der Waals surface area contributed by atoms with E-state index in [1.165, 1.54) is 0 Å². The fourth-order valence-corrected chi connectivity index (χ4v) is 3.11. The van der Waals surface area contributed by atoms with Crippen LogP contribution in [0.4, 0.5) is 23.1 Å². The van der Waals surface area contributed by atoms with Crippen molar-refractivity contribution in [3.8, 4) is 11.3 Å². The summed E-state index contributed by atoms with van der Waals surface area (Å²) in [7, 11) is 1.95. The molecule has 0 unspecified atom stereocenters. The smallest absolute Gasteiger partial charge is 0.232 e. The number of hydrogen-bond donors (Lipinski definition) is 1. The van der Waals surface area contributed by atoms with Crippen molar-refractivity contribution in [3.63, 3.8) is 0 Å². The fraction of sp³-hybridized carbons (Fsp3) is 0.0800. The lowest BCUT2D eigenvalue weighted by Crippen LogP contribution is -2.14. The topological polar surface area (TPSA) is 58.1 Å². The Hall–Kier alpha value is -3.99. The third kappa shape index (κ3) is 4.36. The number of rotatable bonds is 6. The summed E-state index contributed by atoms with van der Waals surface area (Å²) < 4.78 is 0. The Morgan fingerprint density at radius 3 is 2.10 bits per heavy atom. The van der Waals surface area contributed by atoms with Crippen LogP contribution in [-0.2, 0) is 0 Å². The maximum absolute atomic E-state index is 11.5. The van der Waals surface area contributed by atoms with Crippen LogP contribution in [0.2, 0.25) is 0 Å². The molecule has 1 aromatic heterocycles. The summed E-state index contributed by atoms with van der Waals surface area (Å²) in [6.07, 6.45) is 0. The van der Waals surface area contributed by atoms with Crippen molar-refractivity contribution in [2.45, 2.75) is 6.92 Å². The zero-order chi connectivity index (χ0) is 20.9. The van der Waals surface area contributed by atoms with Crippen LogP contribution in [0.1, 0.15) is 17.3 Å². The van der Waals surface area contributed by atoms with Crippen LogP contribution in [0.3, 0.4) is 0 Å². The number of benzene rings is 3. The van der Waals surface area contributed by atoms with E-state index in [1.54, 1.807) is 19.1 Å². The highest BCUT2D eigenvalue weighted by Crippen LogP contribution is 2.27. The van der Waals surface area contributed by atoms with Gasteiger partial charge in [0.1, 0.15) is 5.82 Å². The maximum atomic E-state index is 11.5. The number of para-hydroxylation sites is 1. The molecular weight excluding hydrogens is 372 g/mol. The number of Topliss-reactive ketones (excluding diaryl/α,β-unsaturated/α-hetero) is 1. The van der Waals surface area contributed by atoms with Crippen LogP contribution >= 0.6 is 0 Å². The molecule has 0 atom stereocenters. The molecule has 0 saturated carbocycles. The Balaban J connectivity index is 1.72. The van der Waals surface area contributed by atoms with Gasteiger partial charge in [-0.15, -0.1) is 0 Å². The molecule has 3 aromatic carbocycles. The predicted octanol–water partition coefficient (Wildman–Crippen LogP) is 5.86. The van der Waals surface area contributed by atoms with Gasteiger partial charge < -0.3 is 10.2 Å². The highest BCUT2D eigenvalue weighted by molar-refractivity contribution is 5.94. The molecule has 4 aromatic rings. The fourth-order valence-electron chi connectivity index (χ4n) is 3.11. The standard InChI is InChI=1S/C25H22N4O/c1-18(30)19-13-15-21(16-14-19)26-24-17-23(20-9-5-3-6-10-20)27-25(28-24)29(2)22-11-7-4-8-12-22/h3-17H,1-2H3,(H,26,27,28). The molecule has 0 bridgehead atoms. The van der Waals surface area contributed by atoms with Gasteiger partial charge in [-0.05, 0) is 43.3 Å². The van der Waals surface area contributed by atoms with E-state index in [1.807, 2.05) is 90.8 Å². The van der Waals surface area contributed by atoms with Gasteiger partial charge in [0.25, 0.3) is 0 Å². The molecule has 0 spiro atoms. The van der Waals surface area contributed by atoms with Crippen molar-refractivity contribution in [1.82, 2.24) is 9.97 Å². The third-order valence-electron chi connectivity index (χ3n) is 4.79. The molecule has 148 valence electrons. The van der Waals surface area contributed by atoms with Crippen LogP contribution in [0, 0.1) is 0 Å². The molecule has 0 amide bonds. The summed E-state index contributed by atoms with van der Waals surface area (Å²) in [5.74, 6) is 1.31. The lowest BCUT2D eigenvalue weighted by Gasteiger charge is -2.19. The Kier molecular flexibility index (Phi) is 5.52. The van der Waals surface area contributed by atoms with Gasteiger partial charge >= 0.3 is 0 Å². The van der Waals surface area contributed by atoms with E-state index in [0.29, 0.717) is 17.3 Å². The molecule has 5 nitrogen and oxygen atoms in total. The normalized spacial score (nSPS) is 10.5. The number of nitrogens with zero attached hydrogens (tertiary/aromatic N) is 3. The molecule has 0 aliphatic heterocycles. The van der Waals surface area contributed by atoms with Gasteiger partial charge in [-0.2, -0.15) is 4.98 Å². The number of nitrogens with one attached hydrogen (secondary N) is 1. The minimum atomic E-state index is 0.0433. The van der Waals surface area contributed by atoms with E-state index in [-0.39, 0.29) is 5.78 Å². The molecule has 1 N–H and O–H groups in total. The van der Waals surface area contributed by atoms with E-state index in [0.717, 1.165) is 22.6 Å². The van der Waals surface area contributed by atoms with Crippen LogP contribution in [0.5, 0.6) is 0 Å². The summed E-state index contributed by atoms with van der Waals surface area (Å²) in [5, 5.41) is 3.34. The van der Waals surface area contributed by atoms with E-state index in [4.69, 9.17) is 9.97 Å². The van der Waals surface area contributed by atoms with E-state index in [9.17, 15) is 4.79 Å². The second-order valence-electron chi connectivity index (χ2n) is 6.96.